The van der Waals surface area contributed by atoms with E-state index in [0.717, 1.165) is 12.8 Å². The van der Waals surface area contributed by atoms with Crippen LogP contribution in [0.3, 0.4) is 0 Å². The van der Waals surface area contributed by atoms with Crippen molar-refractivity contribution in [3.8, 4) is 18.1 Å². The van der Waals surface area contributed by atoms with Gasteiger partial charge in [0.25, 0.3) is 11.8 Å². The maximum atomic E-state index is 12.3. The Morgan fingerprint density at radius 2 is 1.86 bits per heavy atom. The van der Waals surface area contributed by atoms with E-state index in [1.807, 2.05) is 0 Å². The molecular formula is C22H21N3O4. The van der Waals surface area contributed by atoms with Crippen LogP contribution >= 0.6 is 0 Å². The van der Waals surface area contributed by atoms with E-state index in [1.54, 1.807) is 48.5 Å². The second kappa shape index (κ2) is 9.42. The Balaban J connectivity index is 1.56. The van der Waals surface area contributed by atoms with Crippen LogP contribution in [0.4, 0.5) is 11.4 Å². The largest absolute Gasteiger partial charge is 0.484 e. The molecule has 1 aliphatic rings. The SMILES string of the molecule is C#CCNC(=O)c1ccccc1NC(=O)COc1cccc(NC(=O)C2CC2)c1. The van der Waals surface area contributed by atoms with Gasteiger partial charge >= 0.3 is 0 Å². The summed E-state index contributed by atoms with van der Waals surface area (Å²) in [7, 11) is 0. The lowest BCUT2D eigenvalue weighted by Crippen LogP contribution is -2.26. The summed E-state index contributed by atoms with van der Waals surface area (Å²) in [6, 6.07) is 13.5. The molecule has 0 radical (unpaired) electrons. The van der Waals surface area contributed by atoms with E-state index in [1.165, 1.54) is 0 Å². The first-order chi connectivity index (χ1) is 14.1. The van der Waals surface area contributed by atoms with E-state index in [0.29, 0.717) is 22.7 Å². The average Bonchev–Trinajstić information content (AvgIpc) is 3.57. The monoisotopic (exact) mass is 391 g/mol. The number of hydrogen-bond donors (Lipinski definition) is 3. The van der Waals surface area contributed by atoms with Crippen molar-refractivity contribution < 1.29 is 19.1 Å². The molecule has 29 heavy (non-hydrogen) atoms. The van der Waals surface area contributed by atoms with Crippen molar-refractivity contribution in [2.75, 3.05) is 23.8 Å². The molecule has 1 saturated carbocycles. The molecule has 1 fully saturated rings. The van der Waals surface area contributed by atoms with Gasteiger partial charge in [0.15, 0.2) is 6.61 Å². The Hall–Kier alpha value is -3.79. The quantitative estimate of drug-likeness (QED) is 0.602. The molecule has 7 heteroatoms. The highest BCUT2D eigenvalue weighted by molar-refractivity contribution is 6.04. The molecule has 0 aromatic heterocycles. The normalized spacial score (nSPS) is 12.4. The number of carbonyl (C=O) groups is 3. The Morgan fingerprint density at radius 3 is 2.62 bits per heavy atom. The molecular weight excluding hydrogens is 370 g/mol. The fraction of sp³-hybridized carbons (Fsp3) is 0.227. The third-order valence-electron chi connectivity index (χ3n) is 4.22. The van der Waals surface area contributed by atoms with Crippen LogP contribution in [-0.4, -0.2) is 30.9 Å². The number of amides is 3. The zero-order valence-electron chi connectivity index (χ0n) is 15.7. The summed E-state index contributed by atoms with van der Waals surface area (Å²) in [5.74, 6) is 2.08. The summed E-state index contributed by atoms with van der Waals surface area (Å²) >= 11 is 0. The maximum absolute atomic E-state index is 12.3. The van der Waals surface area contributed by atoms with Gasteiger partial charge in [-0.2, -0.15) is 0 Å². The van der Waals surface area contributed by atoms with Crippen LogP contribution in [0, 0.1) is 18.3 Å². The zero-order valence-corrected chi connectivity index (χ0v) is 15.7. The van der Waals surface area contributed by atoms with Crippen molar-refractivity contribution in [2.45, 2.75) is 12.8 Å². The first kappa shape index (κ1) is 20.0. The summed E-state index contributed by atoms with van der Waals surface area (Å²) in [4.78, 5) is 36.3. The second-order valence-electron chi connectivity index (χ2n) is 6.56. The standard InChI is InChI=1S/C22H21N3O4/c1-2-12-23-22(28)18-8-3-4-9-19(18)25-20(26)14-29-17-7-5-6-16(13-17)24-21(27)15-10-11-15/h1,3-9,13,15H,10-12,14H2,(H,23,28)(H,24,27)(H,25,26). The lowest BCUT2D eigenvalue weighted by Gasteiger charge is -2.12. The third kappa shape index (κ3) is 5.84. The minimum absolute atomic E-state index is 0.000359. The number of terminal acetylenes is 1. The number of benzene rings is 2. The molecule has 0 aliphatic heterocycles. The molecule has 3 N–H and O–H groups in total. The van der Waals surface area contributed by atoms with Crippen LogP contribution in [0.15, 0.2) is 48.5 Å². The van der Waals surface area contributed by atoms with Gasteiger partial charge in [0, 0.05) is 17.7 Å². The number of carbonyl (C=O) groups excluding carboxylic acids is 3. The molecule has 2 aromatic rings. The summed E-state index contributed by atoms with van der Waals surface area (Å²) < 4.78 is 5.51. The number of hydrogen-bond acceptors (Lipinski definition) is 4. The first-order valence-corrected chi connectivity index (χ1v) is 9.21. The summed E-state index contributed by atoms with van der Waals surface area (Å²) in [6.07, 6.45) is 6.99. The Morgan fingerprint density at radius 1 is 1.07 bits per heavy atom. The smallest absolute Gasteiger partial charge is 0.262 e. The van der Waals surface area contributed by atoms with Crippen molar-refractivity contribution in [1.29, 1.82) is 0 Å². The average molecular weight is 391 g/mol. The van der Waals surface area contributed by atoms with Crippen LogP contribution in [0.2, 0.25) is 0 Å². The van der Waals surface area contributed by atoms with Gasteiger partial charge in [0.2, 0.25) is 5.91 Å². The van der Waals surface area contributed by atoms with Gasteiger partial charge in [-0.15, -0.1) is 6.42 Å². The van der Waals surface area contributed by atoms with Gasteiger partial charge in [-0.05, 0) is 37.1 Å². The maximum Gasteiger partial charge on any atom is 0.262 e. The van der Waals surface area contributed by atoms with Gasteiger partial charge < -0.3 is 20.7 Å². The highest BCUT2D eigenvalue weighted by Gasteiger charge is 2.29. The molecule has 0 atom stereocenters. The predicted molar refractivity (Wildman–Crippen MR) is 110 cm³/mol. The fourth-order valence-corrected chi connectivity index (χ4v) is 2.61. The number of para-hydroxylation sites is 1. The lowest BCUT2D eigenvalue weighted by atomic mass is 10.1. The molecule has 0 saturated heterocycles. The second-order valence-corrected chi connectivity index (χ2v) is 6.56. The van der Waals surface area contributed by atoms with Gasteiger partial charge in [-0.1, -0.05) is 24.1 Å². The lowest BCUT2D eigenvalue weighted by molar-refractivity contribution is -0.118. The fourth-order valence-electron chi connectivity index (χ4n) is 2.61. The molecule has 7 nitrogen and oxygen atoms in total. The van der Waals surface area contributed by atoms with Gasteiger partial charge in [-0.3, -0.25) is 14.4 Å². The Kier molecular flexibility index (Phi) is 6.48. The van der Waals surface area contributed by atoms with Crippen molar-refractivity contribution in [2.24, 2.45) is 5.92 Å². The molecule has 0 bridgehead atoms. The van der Waals surface area contributed by atoms with Crippen molar-refractivity contribution in [3.63, 3.8) is 0 Å². The zero-order chi connectivity index (χ0) is 20.6. The molecule has 0 unspecified atom stereocenters. The van der Waals surface area contributed by atoms with E-state index in [9.17, 15) is 14.4 Å². The van der Waals surface area contributed by atoms with Gasteiger partial charge in [0.1, 0.15) is 5.75 Å². The van der Waals surface area contributed by atoms with Crippen molar-refractivity contribution in [3.05, 3.63) is 54.1 Å². The number of anilines is 2. The molecule has 3 rings (SSSR count). The minimum Gasteiger partial charge on any atom is -0.484 e. The van der Waals surface area contributed by atoms with Crippen LogP contribution in [0.25, 0.3) is 0 Å². The summed E-state index contributed by atoms with van der Waals surface area (Å²) in [5.41, 5.74) is 1.29. The van der Waals surface area contributed by atoms with E-state index in [2.05, 4.69) is 21.9 Å². The van der Waals surface area contributed by atoms with Crippen LogP contribution in [-0.2, 0) is 9.59 Å². The predicted octanol–water partition coefficient (Wildman–Crippen LogP) is 2.42. The first-order valence-electron chi connectivity index (χ1n) is 9.21. The molecule has 1 aliphatic carbocycles. The highest BCUT2D eigenvalue weighted by atomic mass is 16.5. The highest BCUT2D eigenvalue weighted by Crippen LogP contribution is 2.30. The van der Waals surface area contributed by atoms with Crippen molar-refractivity contribution >= 4 is 29.1 Å². The van der Waals surface area contributed by atoms with E-state index in [4.69, 9.17) is 11.2 Å². The van der Waals surface area contributed by atoms with Crippen LogP contribution in [0.5, 0.6) is 5.75 Å². The van der Waals surface area contributed by atoms with Gasteiger partial charge in [-0.25, -0.2) is 0 Å². The molecule has 0 spiro atoms. The third-order valence-corrected chi connectivity index (χ3v) is 4.22. The number of nitrogens with one attached hydrogen (secondary N) is 3. The van der Waals surface area contributed by atoms with Crippen LogP contribution in [0.1, 0.15) is 23.2 Å². The van der Waals surface area contributed by atoms with Crippen LogP contribution < -0.4 is 20.7 Å². The summed E-state index contributed by atoms with van der Waals surface area (Å²) in [6.45, 7) is -0.155. The van der Waals surface area contributed by atoms with E-state index < -0.39 is 5.91 Å². The number of ether oxygens (including phenoxy) is 1. The minimum atomic E-state index is -0.422. The Labute approximate surface area is 168 Å². The molecule has 3 amide bonds. The number of rotatable bonds is 8. The van der Waals surface area contributed by atoms with Crippen molar-refractivity contribution in [1.82, 2.24) is 5.32 Å². The van der Waals surface area contributed by atoms with E-state index >= 15 is 0 Å². The van der Waals surface area contributed by atoms with Gasteiger partial charge in [0.05, 0.1) is 17.8 Å². The van der Waals surface area contributed by atoms with E-state index in [-0.39, 0.29) is 30.9 Å². The Bertz CT molecular complexity index is 961. The molecule has 2 aromatic carbocycles. The molecule has 148 valence electrons. The molecule has 0 heterocycles. The summed E-state index contributed by atoms with van der Waals surface area (Å²) in [5, 5.41) is 8.05. The topological polar surface area (TPSA) is 96.5 Å².